The Morgan fingerprint density at radius 1 is 1.37 bits per heavy atom. The molecule has 1 saturated heterocycles. The quantitative estimate of drug-likeness (QED) is 0.397. The van der Waals surface area contributed by atoms with E-state index in [1.54, 1.807) is 38.5 Å². The van der Waals surface area contributed by atoms with Gasteiger partial charge in [-0.15, -0.1) is 0 Å². The Labute approximate surface area is 120 Å². The molecule has 1 aliphatic heterocycles. The molecule has 0 unspecified atom stereocenters. The smallest absolute Gasteiger partial charge is 0.280 e. The van der Waals surface area contributed by atoms with Gasteiger partial charge in [-0.2, -0.15) is 0 Å². The molecular weight excluding hydrogens is 284 g/mol. The van der Waals surface area contributed by atoms with E-state index in [-0.39, 0.29) is 5.91 Å². The number of hydrazine groups is 1. The predicted molar refractivity (Wildman–Crippen MR) is 78.7 cm³/mol. The molecule has 1 amide bonds. The van der Waals surface area contributed by atoms with E-state index in [1.165, 1.54) is 0 Å². The van der Waals surface area contributed by atoms with Gasteiger partial charge >= 0.3 is 0 Å². The number of carbonyl (C=O) groups is 1. The van der Waals surface area contributed by atoms with Gasteiger partial charge in [-0.3, -0.25) is 4.79 Å². The zero-order chi connectivity index (χ0) is 14.0. The number of benzene rings is 1. The Morgan fingerprint density at radius 3 is 2.63 bits per heavy atom. The van der Waals surface area contributed by atoms with Crippen LogP contribution in [-0.2, 0) is 4.79 Å². The number of hydrogen-bond acceptors (Lipinski definition) is 6. The molecule has 1 fully saturated rings. The monoisotopic (exact) mass is 296 g/mol. The summed E-state index contributed by atoms with van der Waals surface area (Å²) < 4.78 is 10.7. The van der Waals surface area contributed by atoms with Crippen molar-refractivity contribution in [1.29, 1.82) is 0 Å². The van der Waals surface area contributed by atoms with Gasteiger partial charge in [0.1, 0.15) is 11.5 Å². The third kappa shape index (κ3) is 2.73. The number of rotatable bonds is 3. The van der Waals surface area contributed by atoms with Crippen LogP contribution in [0.1, 0.15) is 5.56 Å². The number of carbonyl (C=O) groups excluding carboxylic acids is 1. The fraction of sp³-hybridized carbons (Fsp3) is 0.167. The van der Waals surface area contributed by atoms with Crippen molar-refractivity contribution in [2.75, 3.05) is 14.2 Å². The van der Waals surface area contributed by atoms with E-state index in [1.807, 2.05) is 0 Å². The van der Waals surface area contributed by atoms with E-state index >= 15 is 0 Å². The van der Waals surface area contributed by atoms with Crippen molar-refractivity contribution in [3.8, 4) is 11.5 Å². The number of hydrogen-bond donors (Lipinski definition) is 1. The van der Waals surface area contributed by atoms with Crippen molar-refractivity contribution < 1.29 is 14.3 Å². The lowest BCUT2D eigenvalue weighted by molar-refractivity contribution is -0.122. The van der Waals surface area contributed by atoms with Crippen LogP contribution in [0.25, 0.3) is 6.08 Å². The molecule has 2 rings (SSSR count). The first-order valence-corrected chi connectivity index (χ1v) is 6.54. The average Bonchev–Trinajstić information content (AvgIpc) is 2.66. The molecule has 1 aliphatic rings. The highest BCUT2D eigenvalue weighted by Crippen LogP contribution is 2.33. The zero-order valence-electron chi connectivity index (χ0n) is 10.4. The van der Waals surface area contributed by atoms with Gasteiger partial charge in [-0.05, 0) is 24.3 Å². The van der Waals surface area contributed by atoms with Crippen LogP contribution in [0.3, 0.4) is 0 Å². The second-order valence-corrected chi connectivity index (χ2v) is 5.34. The Balaban J connectivity index is 2.42. The minimum Gasteiger partial charge on any atom is -0.497 e. The highest BCUT2D eigenvalue weighted by atomic mass is 32.2. The lowest BCUT2D eigenvalue weighted by Gasteiger charge is -2.07. The molecular formula is C12H12N2O3S2. The summed E-state index contributed by atoms with van der Waals surface area (Å²) in [5, 5.41) is 0.957. The Morgan fingerprint density at radius 2 is 2.11 bits per heavy atom. The summed E-state index contributed by atoms with van der Waals surface area (Å²) in [6, 6.07) is 5.33. The van der Waals surface area contributed by atoms with E-state index in [0.29, 0.717) is 20.7 Å². The highest BCUT2D eigenvalue weighted by Gasteiger charge is 2.29. The first kappa shape index (κ1) is 13.9. The van der Waals surface area contributed by atoms with E-state index in [9.17, 15) is 4.79 Å². The minimum atomic E-state index is -0.320. The molecule has 0 atom stereocenters. The van der Waals surface area contributed by atoms with Crippen molar-refractivity contribution >= 4 is 40.3 Å². The molecule has 0 radical (unpaired) electrons. The minimum absolute atomic E-state index is 0.320. The van der Waals surface area contributed by atoms with Crippen molar-refractivity contribution in [1.82, 2.24) is 5.01 Å². The lowest BCUT2D eigenvalue weighted by atomic mass is 10.1. The summed E-state index contributed by atoms with van der Waals surface area (Å²) in [7, 11) is 3.14. The molecule has 2 N–H and O–H groups in total. The van der Waals surface area contributed by atoms with Gasteiger partial charge in [0, 0.05) is 5.56 Å². The molecule has 0 bridgehead atoms. The average molecular weight is 296 g/mol. The van der Waals surface area contributed by atoms with Gasteiger partial charge in [-0.1, -0.05) is 24.0 Å². The number of amides is 1. The first-order chi connectivity index (χ1) is 9.06. The van der Waals surface area contributed by atoms with Crippen LogP contribution in [0.5, 0.6) is 11.5 Å². The van der Waals surface area contributed by atoms with Crippen LogP contribution in [-0.4, -0.2) is 29.5 Å². The van der Waals surface area contributed by atoms with E-state index in [4.69, 9.17) is 27.5 Å². The second-order valence-electron chi connectivity index (χ2n) is 3.66. The van der Waals surface area contributed by atoms with Gasteiger partial charge in [0.25, 0.3) is 5.91 Å². The molecule has 0 aliphatic carbocycles. The summed E-state index contributed by atoms with van der Waals surface area (Å²) in [5.74, 6) is 6.52. The second kappa shape index (κ2) is 5.60. The number of ether oxygens (including phenoxy) is 2. The molecule has 1 heterocycles. The molecule has 1 aromatic carbocycles. The van der Waals surface area contributed by atoms with Gasteiger partial charge < -0.3 is 9.47 Å². The maximum Gasteiger partial charge on any atom is 0.280 e. The normalized spacial score (nSPS) is 17.2. The highest BCUT2D eigenvalue weighted by molar-refractivity contribution is 8.26. The molecule has 19 heavy (non-hydrogen) atoms. The molecule has 0 saturated carbocycles. The van der Waals surface area contributed by atoms with Crippen LogP contribution in [0.15, 0.2) is 23.1 Å². The van der Waals surface area contributed by atoms with Crippen molar-refractivity contribution in [3.05, 3.63) is 28.7 Å². The molecule has 1 aromatic rings. The zero-order valence-corrected chi connectivity index (χ0v) is 12.0. The van der Waals surface area contributed by atoms with E-state index in [2.05, 4.69) is 0 Å². The standard InChI is InChI=1S/C12H12N2O3S2/c1-16-8-3-4-9(17-2)7(5-8)6-10-11(15)14(13)12(18)19-10/h3-6H,13H2,1-2H3/b10-6-. The van der Waals surface area contributed by atoms with Gasteiger partial charge in [0.15, 0.2) is 4.32 Å². The fourth-order valence-electron chi connectivity index (χ4n) is 1.57. The van der Waals surface area contributed by atoms with Gasteiger partial charge in [0.05, 0.1) is 19.1 Å². The maximum absolute atomic E-state index is 11.8. The Bertz CT molecular complexity index is 572. The molecule has 100 valence electrons. The van der Waals surface area contributed by atoms with Crippen LogP contribution >= 0.6 is 24.0 Å². The molecule has 0 aromatic heterocycles. The van der Waals surface area contributed by atoms with Crippen LogP contribution in [0.4, 0.5) is 0 Å². The van der Waals surface area contributed by atoms with Gasteiger partial charge in [0.2, 0.25) is 0 Å². The van der Waals surface area contributed by atoms with Crippen LogP contribution < -0.4 is 15.3 Å². The number of thiocarbonyl (C=S) groups is 1. The summed E-state index contributed by atoms with van der Waals surface area (Å²) >= 11 is 6.13. The summed E-state index contributed by atoms with van der Waals surface area (Å²) in [4.78, 5) is 12.3. The van der Waals surface area contributed by atoms with Crippen LogP contribution in [0, 0.1) is 0 Å². The van der Waals surface area contributed by atoms with Crippen LogP contribution in [0.2, 0.25) is 0 Å². The third-order valence-corrected chi connectivity index (χ3v) is 3.88. The number of thioether (sulfide) groups is 1. The maximum atomic E-state index is 11.8. The summed E-state index contributed by atoms with van der Waals surface area (Å²) in [6.45, 7) is 0. The summed E-state index contributed by atoms with van der Waals surface area (Å²) in [5.41, 5.74) is 0.732. The Hall–Kier alpha value is -1.57. The van der Waals surface area contributed by atoms with Crippen molar-refractivity contribution in [2.45, 2.75) is 0 Å². The van der Waals surface area contributed by atoms with Crippen molar-refractivity contribution in [3.63, 3.8) is 0 Å². The predicted octanol–water partition coefficient (Wildman–Crippen LogP) is 1.78. The number of nitrogens with zero attached hydrogens (tertiary/aromatic N) is 1. The molecule has 7 heteroatoms. The first-order valence-electron chi connectivity index (χ1n) is 5.31. The largest absolute Gasteiger partial charge is 0.497 e. The van der Waals surface area contributed by atoms with E-state index in [0.717, 1.165) is 22.3 Å². The SMILES string of the molecule is COc1ccc(OC)c(/C=C2\SC(=S)N(N)C2=O)c1. The molecule has 5 nitrogen and oxygen atoms in total. The summed E-state index contributed by atoms with van der Waals surface area (Å²) in [6.07, 6.45) is 1.69. The number of methoxy groups -OCH3 is 2. The molecule has 0 spiro atoms. The lowest BCUT2D eigenvalue weighted by Crippen LogP contribution is -2.34. The topological polar surface area (TPSA) is 64.8 Å². The number of nitrogens with two attached hydrogens (primary N) is 1. The fourth-order valence-corrected chi connectivity index (χ4v) is 2.67. The van der Waals surface area contributed by atoms with Gasteiger partial charge in [-0.25, -0.2) is 10.9 Å². The van der Waals surface area contributed by atoms with E-state index < -0.39 is 0 Å². The Kier molecular flexibility index (Phi) is 4.08. The van der Waals surface area contributed by atoms with Crippen molar-refractivity contribution in [2.24, 2.45) is 5.84 Å². The third-order valence-electron chi connectivity index (χ3n) is 2.55.